The summed E-state index contributed by atoms with van der Waals surface area (Å²) in [4.78, 5) is 48.0. The van der Waals surface area contributed by atoms with Crippen LogP contribution in [0.3, 0.4) is 0 Å². The van der Waals surface area contributed by atoms with Gasteiger partial charge in [-0.3, -0.25) is 19.4 Å². The second kappa shape index (κ2) is 8.42. The molecule has 10 heteroatoms. The largest absolute Gasteiger partial charge is 0.353 e. The number of carbonyl (C=O) groups excluding carboxylic acids is 3. The molecule has 2 aromatic heterocycles. The molecule has 5 rings (SSSR count). The molecule has 2 saturated heterocycles. The normalized spacial score (nSPS) is 18.8. The van der Waals surface area contributed by atoms with Gasteiger partial charge >= 0.3 is 6.03 Å². The predicted molar refractivity (Wildman–Crippen MR) is 121 cm³/mol. The van der Waals surface area contributed by atoms with Crippen molar-refractivity contribution in [3.05, 3.63) is 41.2 Å². The summed E-state index contributed by atoms with van der Waals surface area (Å²) in [5, 5.41) is 8.13. The van der Waals surface area contributed by atoms with Crippen LogP contribution in [-0.4, -0.2) is 82.1 Å². The Morgan fingerprint density at radius 2 is 1.76 bits per heavy atom. The van der Waals surface area contributed by atoms with E-state index < -0.39 is 6.03 Å². The lowest BCUT2D eigenvalue weighted by atomic mass is 10.1. The Balaban J connectivity index is 1.20. The third-order valence-electron chi connectivity index (χ3n) is 6.52. The third kappa shape index (κ3) is 4.12. The van der Waals surface area contributed by atoms with E-state index in [0.29, 0.717) is 51.0 Å². The van der Waals surface area contributed by atoms with E-state index in [9.17, 15) is 14.4 Å². The van der Waals surface area contributed by atoms with E-state index in [2.05, 4.69) is 28.1 Å². The average molecular weight is 450 g/mol. The molecule has 2 aromatic rings. The zero-order valence-corrected chi connectivity index (χ0v) is 18.9. The zero-order chi connectivity index (χ0) is 23.1. The Bertz CT molecular complexity index is 1090. The lowest BCUT2D eigenvalue weighted by Gasteiger charge is -2.36. The molecule has 3 fully saturated rings. The van der Waals surface area contributed by atoms with Crippen molar-refractivity contribution in [2.45, 2.75) is 32.6 Å². The summed E-state index contributed by atoms with van der Waals surface area (Å²) in [7, 11) is 0. The summed E-state index contributed by atoms with van der Waals surface area (Å²) in [6, 6.07) is 5.02. The van der Waals surface area contributed by atoms with Crippen LogP contribution in [-0.2, 0) is 4.79 Å². The number of carbonyl (C=O) groups is 3. The number of anilines is 2. The van der Waals surface area contributed by atoms with Gasteiger partial charge in [0, 0.05) is 52.4 Å². The maximum absolute atomic E-state index is 12.9. The minimum atomic E-state index is -0.416. The van der Waals surface area contributed by atoms with Crippen LogP contribution in [0.25, 0.3) is 0 Å². The quantitative estimate of drug-likeness (QED) is 0.701. The van der Waals surface area contributed by atoms with Crippen molar-refractivity contribution in [3.63, 3.8) is 0 Å². The fraction of sp³-hybridized carbons (Fsp3) is 0.478. The first-order valence-electron chi connectivity index (χ1n) is 11.4. The first-order valence-corrected chi connectivity index (χ1v) is 11.4. The maximum atomic E-state index is 12.9. The van der Waals surface area contributed by atoms with Gasteiger partial charge in [-0.15, -0.1) is 10.2 Å². The Kier molecular flexibility index (Phi) is 5.43. The molecule has 4 heterocycles. The molecule has 3 aliphatic rings. The standard InChI is InChI=1S/C23H27N7O3/c1-15-13-18(17-3-4-17)14-24-21(15)27-7-9-28(10-8-27)22(32)19-5-6-20(26-25-19)30-12-11-29(16(2)31)23(30)33/h5-6,13-14,17H,3-4,7-12H2,1-2H3. The molecule has 0 spiro atoms. The van der Waals surface area contributed by atoms with Gasteiger partial charge in [0.05, 0.1) is 0 Å². The molecule has 10 nitrogen and oxygen atoms in total. The Morgan fingerprint density at radius 3 is 2.33 bits per heavy atom. The maximum Gasteiger partial charge on any atom is 0.332 e. The molecule has 172 valence electrons. The Hall–Kier alpha value is -3.56. The molecule has 0 aromatic carbocycles. The van der Waals surface area contributed by atoms with Crippen molar-refractivity contribution in [3.8, 4) is 0 Å². The van der Waals surface area contributed by atoms with Crippen LogP contribution in [0.5, 0.6) is 0 Å². The van der Waals surface area contributed by atoms with Gasteiger partial charge in [0.25, 0.3) is 5.91 Å². The molecule has 4 amide bonds. The molecule has 0 unspecified atom stereocenters. The summed E-state index contributed by atoms with van der Waals surface area (Å²) in [5.74, 6) is 1.53. The third-order valence-corrected chi connectivity index (χ3v) is 6.52. The number of amides is 4. The van der Waals surface area contributed by atoms with Gasteiger partial charge in [-0.05, 0) is 48.9 Å². The van der Waals surface area contributed by atoms with Gasteiger partial charge in [-0.25, -0.2) is 9.78 Å². The van der Waals surface area contributed by atoms with E-state index in [1.165, 1.54) is 35.8 Å². The number of urea groups is 1. The number of nitrogens with zero attached hydrogens (tertiary/aromatic N) is 7. The van der Waals surface area contributed by atoms with Gasteiger partial charge in [-0.2, -0.15) is 0 Å². The zero-order valence-electron chi connectivity index (χ0n) is 18.9. The fourth-order valence-corrected chi connectivity index (χ4v) is 4.47. The van der Waals surface area contributed by atoms with E-state index >= 15 is 0 Å². The Labute approximate surface area is 192 Å². The lowest BCUT2D eigenvalue weighted by Crippen LogP contribution is -2.49. The number of aryl methyl sites for hydroxylation is 1. The number of rotatable bonds is 4. The molecular weight excluding hydrogens is 422 g/mol. The molecular formula is C23H27N7O3. The number of piperazine rings is 1. The highest BCUT2D eigenvalue weighted by molar-refractivity contribution is 6.03. The van der Waals surface area contributed by atoms with E-state index in [0.717, 1.165) is 10.7 Å². The first kappa shape index (κ1) is 21.3. The first-order chi connectivity index (χ1) is 15.9. The number of imide groups is 1. The summed E-state index contributed by atoms with van der Waals surface area (Å²) < 4.78 is 0. The van der Waals surface area contributed by atoms with Crippen LogP contribution in [0.4, 0.5) is 16.4 Å². The van der Waals surface area contributed by atoms with Crippen LogP contribution in [0.15, 0.2) is 24.4 Å². The van der Waals surface area contributed by atoms with Crippen LogP contribution in [0.2, 0.25) is 0 Å². The van der Waals surface area contributed by atoms with Crippen LogP contribution >= 0.6 is 0 Å². The van der Waals surface area contributed by atoms with E-state index in [1.807, 2.05) is 6.20 Å². The van der Waals surface area contributed by atoms with Gasteiger partial charge in [0.2, 0.25) is 5.91 Å². The van der Waals surface area contributed by atoms with E-state index in [-0.39, 0.29) is 17.5 Å². The molecule has 33 heavy (non-hydrogen) atoms. The van der Waals surface area contributed by atoms with Gasteiger partial charge in [-0.1, -0.05) is 6.07 Å². The molecule has 2 aliphatic heterocycles. The van der Waals surface area contributed by atoms with Crippen LogP contribution in [0.1, 0.15) is 47.3 Å². The van der Waals surface area contributed by atoms with Crippen molar-refractivity contribution in [1.29, 1.82) is 0 Å². The van der Waals surface area contributed by atoms with Crippen molar-refractivity contribution < 1.29 is 14.4 Å². The number of hydrogen-bond donors (Lipinski definition) is 0. The minimum Gasteiger partial charge on any atom is -0.353 e. The molecule has 0 atom stereocenters. The smallest absolute Gasteiger partial charge is 0.332 e. The van der Waals surface area contributed by atoms with E-state index in [1.54, 1.807) is 17.0 Å². The van der Waals surface area contributed by atoms with Gasteiger partial charge < -0.3 is 9.80 Å². The number of pyridine rings is 1. The minimum absolute atomic E-state index is 0.180. The molecule has 1 saturated carbocycles. The molecule has 0 N–H and O–H groups in total. The highest BCUT2D eigenvalue weighted by Gasteiger charge is 2.33. The summed E-state index contributed by atoms with van der Waals surface area (Å²) in [5.41, 5.74) is 2.75. The van der Waals surface area contributed by atoms with Crippen molar-refractivity contribution in [2.75, 3.05) is 49.1 Å². The fourth-order valence-electron chi connectivity index (χ4n) is 4.47. The summed E-state index contributed by atoms with van der Waals surface area (Å²) >= 11 is 0. The lowest BCUT2D eigenvalue weighted by molar-refractivity contribution is -0.125. The topological polar surface area (TPSA) is 103 Å². The van der Waals surface area contributed by atoms with Crippen LogP contribution in [0, 0.1) is 6.92 Å². The van der Waals surface area contributed by atoms with Crippen molar-refractivity contribution in [1.82, 2.24) is 25.0 Å². The van der Waals surface area contributed by atoms with Crippen LogP contribution < -0.4 is 9.80 Å². The van der Waals surface area contributed by atoms with Crippen molar-refractivity contribution in [2.24, 2.45) is 0 Å². The van der Waals surface area contributed by atoms with E-state index in [4.69, 9.17) is 4.98 Å². The van der Waals surface area contributed by atoms with Crippen molar-refractivity contribution >= 4 is 29.5 Å². The molecule has 0 radical (unpaired) electrons. The monoisotopic (exact) mass is 449 g/mol. The Morgan fingerprint density at radius 1 is 1.00 bits per heavy atom. The highest BCUT2D eigenvalue weighted by atomic mass is 16.2. The highest BCUT2D eigenvalue weighted by Crippen LogP contribution is 2.40. The second-order valence-electron chi connectivity index (χ2n) is 8.84. The average Bonchev–Trinajstić information content (AvgIpc) is 3.60. The SMILES string of the molecule is CC(=O)N1CCN(c2ccc(C(=O)N3CCN(c4ncc(C5CC5)cc4C)CC3)nn2)C1=O. The molecule has 0 bridgehead atoms. The van der Waals surface area contributed by atoms with Gasteiger partial charge in [0.1, 0.15) is 5.82 Å². The number of aromatic nitrogens is 3. The molecule has 1 aliphatic carbocycles. The second-order valence-corrected chi connectivity index (χ2v) is 8.84. The van der Waals surface area contributed by atoms with Gasteiger partial charge in [0.15, 0.2) is 11.5 Å². The summed E-state index contributed by atoms with van der Waals surface area (Å²) in [6.45, 7) is 6.70. The predicted octanol–water partition coefficient (Wildman–Crippen LogP) is 1.81. The number of hydrogen-bond acceptors (Lipinski definition) is 7. The summed E-state index contributed by atoms with van der Waals surface area (Å²) in [6.07, 6.45) is 4.52.